The molecule has 1 N–H and O–H groups in total. The summed E-state index contributed by atoms with van der Waals surface area (Å²) in [5, 5.41) is 3.10. The molecule has 116 valence electrons. The Bertz CT molecular complexity index is 511. The number of nitrogens with one attached hydrogen (secondary N) is 1. The molecular weight excluding hydrogens is 270 g/mol. The van der Waals surface area contributed by atoms with Crippen LogP contribution in [0.2, 0.25) is 0 Å². The van der Waals surface area contributed by atoms with Crippen molar-refractivity contribution in [2.45, 2.75) is 38.5 Å². The minimum Gasteiger partial charge on any atom is -0.355 e. The van der Waals surface area contributed by atoms with Gasteiger partial charge >= 0.3 is 0 Å². The largest absolute Gasteiger partial charge is 0.355 e. The summed E-state index contributed by atoms with van der Waals surface area (Å²) < 4.78 is 0. The van der Waals surface area contributed by atoms with Gasteiger partial charge in [-0.05, 0) is 17.5 Å². The smallest absolute Gasteiger partial charge is 0.220 e. The molecule has 2 heteroatoms. The molecule has 1 amide bonds. The minimum absolute atomic E-state index is 0.158. The van der Waals surface area contributed by atoms with Crippen molar-refractivity contribution in [3.8, 4) is 0 Å². The molecule has 2 nitrogen and oxygen atoms in total. The van der Waals surface area contributed by atoms with E-state index in [2.05, 4.69) is 36.5 Å². The van der Waals surface area contributed by atoms with Crippen LogP contribution in [0.4, 0.5) is 0 Å². The summed E-state index contributed by atoms with van der Waals surface area (Å²) in [5.74, 6) is 0.364. The number of benzene rings is 2. The summed E-state index contributed by atoms with van der Waals surface area (Å²) in [6.07, 6.45) is 3.87. The normalized spacial score (nSPS) is 10.6. The number of unbranched alkanes of at least 4 members (excludes halogenated alkanes) is 2. The van der Waals surface area contributed by atoms with Crippen molar-refractivity contribution in [1.29, 1.82) is 0 Å². The molecular formula is C20H25NO. The van der Waals surface area contributed by atoms with E-state index in [-0.39, 0.29) is 11.8 Å². The van der Waals surface area contributed by atoms with E-state index < -0.39 is 0 Å². The first-order chi connectivity index (χ1) is 10.8. The maximum atomic E-state index is 12.0. The Morgan fingerprint density at radius 3 is 1.95 bits per heavy atom. The number of carbonyl (C=O) groups excluding carboxylic acids is 1. The highest BCUT2D eigenvalue weighted by molar-refractivity contribution is 5.75. The van der Waals surface area contributed by atoms with Gasteiger partial charge in [0.05, 0.1) is 0 Å². The van der Waals surface area contributed by atoms with Crippen LogP contribution in [-0.4, -0.2) is 12.5 Å². The molecule has 0 unspecified atom stereocenters. The third kappa shape index (κ3) is 5.03. The molecule has 0 aromatic heterocycles. The first kappa shape index (κ1) is 16.3. The fraction of sp³-hybridized carbons (Fsp3) is 0.350. The summed E-state index contributed by atoms with van der Waals surface area (Å²) in [6.45, 7) is 2.80. The number of hydrogen-bond acceptors (Lipinski definition) is 1. The number of carbonyl (C=O) groups is 1. The van der Waals surface area contributed by atoms with Crippen LogP contribution < -0.4 is 5.32 Å². The molecule has 0 saturated carbocycles. The lowest BCUT2D eigenvalue weighted by atomic mass is 9.91. The third-order valence-corrected chi connectivity index (χ3v) is 3.91. The molecule has 0 bridgehead atoms. The molecule has 0 aliphatic rings. The van der Waals surface area contributed by atoms with Crippen LogP contribution in [0.25, 0.3) is 0 Å². The predicted octanol–water partition coefficient (Wildman–Crippen LogP) is 4.52. The first-order valence-corrected chi connectivity index (χ1v) is 8.18. The maximum absolute atomic E-state index is 12.0. The van der Waals surface area contributed by atoms with Crippen molar-refractivity contribution >= 4 is 5.91 Å². The summed E-state index contributed by atoms with van der Waals surface area (Å²) >= 11 is 0. The van der Waals surface area contributed by atoms with Crippen molar-refractivity contribution in [3.05, 3.63) is 71.8 Å². The van der Waals surface area contributed by atoms with Gasteiger partial charge in [0.25, 0.3) is 0 Å². The van der Waals surface area contributed by atoms with Crippen molar-refractivity contribution in [2.24, 2.45) is 0 Å². The van der Waals surface area contributed by atoms with Gasteiger partial charge in [0, 0.05) is 18.9 Å². The maximum Gasteiger partial charge on any atom is 0.220 e. The Hall–Kier alpha value is -2.09. The van der Waals surface area contributed by atoms with Gasteiger partial charge in [0.15, 0.2) is 0 Å². The molecule has 0 fully saturated rings. The molecule has 0 saturated heterocycles. The zero-order valence-electron chi connectivity index (χ0n) is 13.3. The monoisotopic (exact) mass is 295 g/mol. The summed E-state index contributed by atoms with van der Waals surface area (Å²) in [7, 11) is 0. The van der Waals surface area contributed by atoms with Crippen molar-refractivity contribution in [2.75, 3.05) is 6.54 Å². The van der Waals surface area contributed by atoms with Gasteiger partial charge < -0.3 is 5.32 Å². The van der Waals surface area contributed by atoms with Gasteiger partial charge in [0.2, 0.25) is 5.91 Å². The Labute approximate surface area is 133 Å². The number of amides is 1. The van der Waals surface area contributed by atoms with E-state index in [0.29, 0.717) is 13.0 Å². The molecule has 22 heavy (non-hydrogen) atoms. The van der Waals surface area contributed by atoms with Crippen LogP contribution in [-0.2, 0) is 4.79 Å². The molecule has 2 rings (SSSR count). The van der Waals surface area contributed by atoms with Crippen LogP contribution in [0.5, 0.6) is 0 Å². The van der Waals surface area contributed by atoms with E-state index in [4.69, 9.17) is 0 Å². The van der Waals surface area contributed by atoms with Crippen molar-refractivity contribution in [3.63, 3.8) is 0 Å². The van der Waals surface area contributed by atoms with E-state index in [9.17, 15) is 4.79 Å². The van der Waals surface area contributed by atoms with E-state index >= 15 is 0 Å². The average Bonchev–Trinajstić information content (AvgIpc) is 2.57. The Morgan fingerprint density at radius 1 is 0.909 bits per heavy atom. The molecule has 2 aromatic rings. The van der Waals surface area contributed by atoms with Gasteiger partial charge in [-0.3, -0.25) is 4.79 Å². The highest BCUT2D eigenvalue weighted by atomic mass is 16.1. The van der Waals surface area contributed by atoms with Crippen LogP contribution in [0.1, 0.15) is 49.7 Å². The van der Waals surface area contributed by atoms with Crippen molar-refractivity contribution in [1.82, 2.24) is 5.32 Å². The highest BCUT2D eigenvalue weighted by Crippen LogP contribution is 2.23. The molecule has 0 radical (unpaired) electrons. The summed E-state index contributed by atoms with van der Waals surface area (Å²) in [6, 6.07) is 20.7. The van der Waals surface area contributed by atoms with Crippen LogP contribution in [0.15, 0.2) is 60.7 Å². The number of rotatable bonds is 8. The van der Waals surface area contributed by atoms with Crippen LogP contribution in [0, 0.1) is 0 Å². The lowest BCUT2D eigenvalue weighted by Crippen LogP contribution is -2.28. The van der Waals surface area contributed by atoms with E-state index in [1.54, 1.807) is 0 Å². The van der Waals surface area contributed by atoms with Gasteiger partial charge in [-0.1, -0.05) is 80.4 Å². The Morgan fingerprint density at radius 2 is 1.45 bits per heavy atom. The second-order valence-corrected chi connectivity index (χ2v) is 5.64. The second kappa shape index (κ2) is 9.04. The third-order valence-electron chi connectivity index (χ3n) is 3.91. The van der Waals surface area contributed by atoms with Gasteiger partial charge in [-0.25, -0.2) is 0 Å². The number of hydrogen-bond donors (Lipinski definition) is 1. The second-order valence-electron chi connectivity index (χ2n) is 5.64. The zero-order valence-corrected chi connectivity index (χ0v) is 13.3. The SMILES string of the molecule is CCCCCC(=O)NCC(c1ccccc1)c1ccccc1. The zero-order chi connectivity index (χ0) is 15.6. The molecule has 0 atom stereocenters. The lowest BCUT2D eigenvalue weighted by molar-refractivity contribution is -0.121. The molecule has 0 heterocycles. The predicted molar refractivity (Wildman–Crippen MR) is 91.9 cm³/mol. The van der Waals surface area contributed by atoms with Crippen LogP contribution >= 0.6 is 0 Å². The van der Waals surface area contributed by atoms with Crippen molar-refractivity contribution < 1.29 is 4.79 Å². The first-order valence-electron chi connectivity index (χ1n) is 8.18. The summed E-state index contributed by atoms with van der Waals surface area (Å²) in [4.78, 5) is 12.0. The molecule has 0 aliphatic heterocycles. The van der Waals surface area contributed by atoms with E-state index in [1.165, 1.54) is 11.1 Å². The minimum atomic E-state index is 0.158. The van der Waals surface area contributed by atoms with Gasteiger partial charge in [0.1, 0.15) is 0 Å². The summed E-state index contributed by atoms with van der Waals surface area (Å²) in [5.41, 5.74) is 2.48. The van der Waals surface area contributed by atoms with E-state index in [1.807, 2.05) is 36.4 Å². The lowest BCUT2D eigenvalue weighted by Gasteiger charge is -2.19. The highest BCUT2D eigenvalue weighted by Gasteiger charge is 2.14. The fourth-order valence-electron chi connectivity index (χ4n) is 2.64. The molecule has 0 aliphatic carbocycles. The van der Waals surface area contributed by atoms with E-state index in [0.717, 1.165) is 19.3 Å². The average molecular weight is 295 g/mol. The van der Waals surface area contributed by atoms with Gasteiger partial charge in [-0.15, -0.1) is 0 Å². The van der Waals surface area contributed by atoms with Crippen LogP contribution in [0.3, 0.4) is 0 Å². The molecule has 2 aromatic carbocycles. The fourth-order valence-corrected chi connectivity index (χ4v) is 2.64. The van der Waals surface area contributed by atoms with Gasteiger partial charge in [-0.2, -0.15) is 0 Å². The Balaban J connectivity index is 2.02. The topological polar surface area (TPSA) is 29.1 Å². The Kier molecular flexibility index (Phi) is 6.69. The standard InChI is InChI=1S/C20H25NO/c1-2-3-6-15-20(22)21-16-19(17-11-7-4-8-12-17)18-13-9-5-10-14-18/h4-5,7-14,19H,2-3,6,15-16H2,1H3,(H,21,22). The molecule has 0 spiro atoms. The quantitative estimate of drug-likeness (QED) is 0.713.